The molecule has 3 rings (SSSR count). The molecule has 1 heterocycles. The van der Waals surface area contributed by atoms with Crippen molar-refractivity contribution in [2.75, 3.05) is 0 Å². The number of nitrogens with one attached hydrogen (secondary N) is 3. The van der Waals surface area contributed by atoms with Gasteiger partial charge in [0, 0.05) is 11.6 Å². The van der Waals surface area contributed by atoms with Crippen LogP contribution in [0.1, 0.15) is 40.0 Å². The molecule has 2 fully saturated rings. The van der Waals surface area contributed by atoms with E-state index in [1.165, 1.54) is 37.1 Å². The van der Waals surface area contributed by atoms with Crippen LogP contribution in [0, 0.1) is 5.92 Å². The van der Waals surface area contributed by atoms with Gasteiger partial charge in [-0.1, -0.05) is 12.1 Å². The molecule has 1 aliphatic carbocycles. The smallest absolute Gasteiger partial charge is 0.252 e. The number of hydrogen-bond donors (Lipinski definition) is 3. The third-order valence-corrected chi connectivity index (χ3v) is 3.81. The fourth-order valence-electron chi connectivity index (χ4n) is 2.48. The normalized spacial score (nSPS) is 25.4. The van der Waals surface area contributed by atoms with Crippen LogP contribution in [0.15, 0.2) is 24.3 Å². The van der Waals surface area contributed by atoms with E-state index in [1.54, 1.807) is 0 Å². The van der Waals surface area contributed by atoms with E-state index in [9.17, 15) is 14.7 Å². The third kappa shape index (κ3) is 2.81. The fraction of sp³-hybridized carbons (Fsp3) is 0.429. The molecule has 0 aromatic heterocycles. The first-order chi connectivity index (χ1) is 9.63. The van der Waals surface area contributed by atoms with Gasteiger partial charge in [-0.2, -0.15) is 0 Å². The lowest BCUT2D eigenvalue weighted by Gasteiger charge is -2.12. The topological polar surface area (TPSA) is 93.3 Å². The van der Waals surface area contributed by atoms with E-state index in [1.807, 2.05) is 0 Å². The highest BCUT2D eigenvalue weighted by Crippen LogP contribution is 2.35. The number of carbonyl (C=O) groups is 2. The van der Waals surface area contributed by atoms with Gasteiger partial charge in [-0.05, 0) is 42.9 Å². The highest BCUT2D eigenvalue weighted by molar-refractivity contribution is 5.95. The van der Waals surface area contributed by atoms with E-state index in [2.05, 4.69) is 16.2 Å². The van der Waals surface area contributed by atoms with E-state index >= 15 is 0 Å². The first-order valence-electron chi connectivity index (χ1n) is 6.77. The van der Waals surface area contributed by atoms with Gasteiger partial charge >= 0.3 is 0 Å². The summed E-state index contributed by atoms with van der Waals surface area (Å²) in [5.41, 5.74) is 6.77. The van der Waals surface area contributed by atoms with Crippen molar-refractivity contribution in [1.82, 2.24) is 16.2 Å². The molecule has 2 aliphatic rings. The molecule has 6 nitrogen and oxygen atoms in total. The summed E-state index contributed by atoms with van der Waals surface area (Å²) >= 11 is 0. The van der Waals surface area contributed by atoms with Crippen LogP contribution in [0.2, 0.25) is 0 Å². The quantitative estimate of drug-likeness (QED) is 0.680. The van der Waals surface area contributed by atoms with Crippen molar-refractivity contribution in [3.05, 3.63) is 35.4 Å². The monoisotopic (exact) mass is 274 g/mol. The van der Waals surface area contributed by atoms with Crippen LogP contribution in [-0.2, 0) is 0 Å². The highest BCUT2D eigenvalue weighted by atomic mass is 16.4. The van der Waals surface area contributed by atoms with Crippen LogP contribution >= 0.6 is 0 Å². The van der Waals surface area contributed by atoms with Gasteiger partial charge < -0.3 is 15.2 Å². The molecule has 1 aromatic rings. The minimum Gasteiger partial charge on any atom is -0.545 e. The van der Waals surface area contributed by atoms with Gasteiger partial charge in [0.05, 0.1) is 12.1 Å². The molecule has 1 amide bonds. The van der Waals surface area contributed by atoms with E-state index in [0.29, 0.717) is 11.6 Å². The number of carboxylic acids is 1. The SMILES string of the molecule is O=C([O-])c1ccc(C(=O)NC2CC(C3CC3)NN2)cc1. The molecule has 1 aromatic carbocycles. The average molecular weight is 274 g/mol. The molecule has 20 heavy (non-hydrogen) atoms. The van der Waals surface area contributed by atoms with Gasteiger partial charge in [0.25, 0.3) is 5.91 Å². The van der Waals surface area contributed by atoms with Crippen LogP contribution in [0.4, 0.5) is 0 Å². The number of amides is 1. The summed E-state index contributed by atoms with van der Waals surface area (Å²) in [6, 6.07) is 6.15. The number of hydrazine groups is 1. The summed E-state index contributed by atoms with van der Waals surface area (Å²) in [5, 5.41) is 13.5. The number of rotatable bonds is 4. The Morgan fingerprint density at radius 1 is 1.10 bits per heavy atom. The summed E-state index contributed by atoms with van der Waals surface area (Å²) < 4.78 is 0. The zero-order valence-electron chi connectivity index (χ0n) is 10.9. The van der Waals surface area contributed by atoms with Gasteiger partial charge in [0.15, 0.2) is 0 Å². The fourth-order valence-corrected chi connectivity index (χ4v) is 2.48. The number of aromatic carboxylic acids is 1. The van der Waals surface area contributed by atoms with E-state index in [4.69, 9.17) is 0 Å². The average Bonchev–Trinajstić information content (AvgIpc) is 3.20. The van der Waals surface area contributed by atoms with E-state index in [0.717, 1.165) is 12.3 Å². The summed E-state index contributed by atoms with van der Waals surface area (Å²) in [4.78, 5) is 22.7. The Balaban J connectivity index is 1.57. The van der Waals surface area contributed by atoms with Crippen molar-refractivity contribution in [2.45, 2.75) is 31.5 Å². The minimum atomic E-state index is -1.24. The van der Waals surface area contributed by atoms with E-state index in [-0.39, 0.29) is 17.6 Å². The second-order valence-corrected chi connectivity index (χ2v) is 5.36. The Morgan fingerprint density at radius 3 is 2.35 bits per heavy atom. The molecule has 0 spiro atoms. The highest BCUT2D eigenvalue weighted by Gasteiger charge is 2.36. The predicted octanol–water partition coefficient (Wildman–Crippen LogP) is -0.617. The molecule has 3 N–H and O–H groups in total. The zero-order valence-corrected chi connectivity index (χ0v) is 10.9. The molecule has 6 heteroatoms. The molecule has 2 atom stereocenters. The van der Waals surface area contributed by atoms with Crippen molar-refractivity contribution < 1.29 is 14.7 Å². The van der Waals surface area contributed by atoms with Crippen molar-refractivity contribution in [3.8, 4) is 0 Å². The van der Waals surface area contributed by atoms with Gasteiger partial charge in [0.1, 0.15) is 0 Å². The Hall–Kier alpha value is -1.92. The maximum Gasteiger partial charge on any atom is 0.252 e. The van der Waals surface area contributed by atoms with Crippen LogP contribution in [0.25, 0.3) is 0 Å². The van der Waals surface area contributed by atoms with Crippen LogP contribution in [-0.4, -0.2) is 24.1 Å². The van der Waals surface area contributed by atoms with Crippen molar-refractivity contribution in [1.29, 1.82) is 0 Å². The summed E-state index contributed by atoms with van der Waals surface area (Å²) in [5.74, 6) is -0.733. The lowest BCUT2D eigenvalue weighted by atomic mass is 10.1. The molecule has 1 aliphatic heterocycles. The number of benzene rings is 1. The molecular weight excluding hydrogens is 258 g/mol. The third-order valence-electron chi connectivity index (χ3n) is 3.81. The number of hydrogen-bond acceptors (Lipinski definition) is 5. The van der Waals surface area contributed by atoms with Crippen molar-refractivity contribution in [3.63, 3.8) is 0 Å². The molecule has 1 saturated carbocycles. The van der Waals surface area contributed by atoms with Gasteiger partial charge in [0.2, 0.25) is 0 Å². The van der Waals surface area contributed by atoms with Crippen molar-refractivity contribution in [2.24, 2.45) is 5.92 Å². The molecular formula is C14H16N3O3-. The Kier molecular flexibility index (Phi) is 3.42. The van der Waals surface area contributed by atoms with Crippen LogP contribution in [0.5, 0.6) is 0 Å². The molecule has 0 bridgehead atoms. The van der Waals surface area contributed by atoms with Crippen LogP contribution in [0.3, 0.4) is 0 Å². The lowest BCUT2D eigenvalue weighted by molar-refractivity contribution is -0.255. The Labute approximate surface area is 116 Å². The predicted molar refractivity (Wildman–Crippen MR) is 69.4 cm³/mol. The van der Waals surface area contributed by atoms with E-state index < -0.39 is 5.97 Å². The maximum atomic E-state index is 12.0. The largest absolute Gasteiger partial charge is 0.545 e. The second-order valence-electron chi connectivity index (χ2n) is 5.36. The lowest BCUT2D eigenvalue weighted by Crippen LogP contribution is -2.44. The minimum absolute atomic E-state index is 0.0657. The Morgan fingerprint density at radius 2 is 1.75 bits per heavy atom. The van der Waals surface area contributed by atoms with Gasteiger partial charge in [-0.15, -0.1) is 0 Å². The first-order valence-corrected chi connectivity index (χ1v) is 6.77. The standard InChI is InChI=1S/C14H17N3O3/c18-13(9-3-5-10(6-4-9)14(19)20)15-12-7-11(16-17-12)8-1-2-8/h3-6,8,11-12,16-17H,1-2,7H2,(H,15,18)(H,19,20)/p-1. The summed E-state index contributed by atoms with van der Waals surface area (Å²) in [6.07, 6.45) is 3.29. The maximum absolute atomic E-state index is 12.0. The molecule has 0 radical (unpaired) electrons. The second kappa shape index (κ2) is 5.22. The molecule has 106 valence electrons. The number of carbonyl (C=O) groups excluding carboxylic acids is 2. The zero-order chi connectivity index (χ0) is 14.1. The molecule has 1 saturated heterocycles. The summed E-state index contributed by atoms with van der Waals surface area (Å²) in [6.45, 7) is 0. The van der Waals surface area contributed by atoms with Gasteiger partial charge in [-0.3, -0.25) is 10.2 Å². The summed E-state index contributed by atoms with van der Waals surface area (Å²) in [7, 11) is 0. The van der Waals surface area contributed by atoms with Crippen LogP contribution < -0.4 is 21.3 Å². The Bertz CT molecular complexity index is 525. The van der Waals surface area contributed by atoms with Crippen molar-refractivity contribution >= 4 is 11.9 Å². The number of carboxylic acid groups (broad SMARTS) is 1. The first kappa shape index (κ1) is 13.1. The van der Waals surface area contributed by atoms with Gasteiger partial charge in [-0.25, -0.2) is 5.43 Å². The molecule has 2 unspecified atom stereocenters.